The summed E-state index contributed by atoms with van der Waals surface area (Å²) in [4.78, 5) is 17.0. The van der Waals surface area contributed by atoms with E-state index in [0.29, 0.717) is 6.54 Å². The van der Waals surface area contributed by atoms with Crippen molar-refractivity contribution in [3.63, 3.8) is 0 Å². The Labute approximate surface area is 155 Å². The van der Waals surface area contributed by atoms with Crippen molar-refractivity contribution in [2.24, 2.45) is 0 Å². The normalized spacial score (nSPS) is 14.3. The summed E-state index contributed by atoms with van der Waals surface area (Å²) in [5.41, 5.74) is 3.31. The summed E-state index contributed by atoms with van der Waals surface area (Å²) in [5, 5.41) is 0. The number of carbonyl (C=O) groups excluding carboxylic acids is 1. The summed E-state index contributed by atoms with van der Waals surface area (Å²) < 4.78 is 10.7. The number of rotatable bonds is 6. The van der Waals surface area contributed by atoms with Crippen LogP contribution in [0.4, 0.5) is 5.69 Å². The molecule has 2 aromatic carbocycles. The zero-order valence-corrected chi connectivity index (χ0v) is 15.9. The third-order valence-electron chi connectivity index (χ3n) is 5.09. The van der Waals surface area contributed by atoms with E-state index in [0.717, 1.165) is 35.7 Å². The number of benzene rings is 2. The van der Waals surface area contributed by atoms with Crippen molar-refractivity contribution >= 4 is 11.6 Å². The molecule has 0 saturated heterocycles. The predicted molar refractivity (Wildman–Crippen MR) is 103 cm³/mol. The lowest BCUT2D eigenvalue weighted by molar-refractivity contribution is -0.122. The van der Waals surface area contributed by atoms with E-state index in [4.69, 9.17) is 9.47 Å². The van der Waals surface area contributed by atoms with Gasteiger partial charge in [0.1, 0.15) is 11.5 Å². The van der Waals surface area contributed by atoms with Gasteiger partial charge in [-0.05, 0) is 38.1 Å². The Hall–Kier alpha value is -2.53. The number of likely N-dealkylation sites (N-methyl/N-ethyl adjacent to an activating group) is 1. The van der Waals surface area contributed by atoms with Gasteiger partial charge in [-0.3, -0.25) is 9.69 Å². The highest BCUT2D eigenvalue weighted by Crippen LogP contribution is 2.29. The first-order valence-corrected chi connectivity index (χ1v) is 8.85. The molecule has 0 N–H and O–H groups in total. The Morgan fingerprint density at radius 1 is 1.19 bits per heavy atom. The molecule has 0 unspecified atom stereocenters. The molecule has 5 nitrogen and oxygen atoms in total. The Kier molecular flexibility index (Phi) is 5.47. The highest BCUT2D eigenvalue weighted by molar-refractivity contribution is 5.98. The van der Waals surface area contributed by atoms with Crippen LogP contribution >= 0.6 is 0 Å². The van der Waals surface area contributed by atoms with Crippen LogP contribution in [-0.4, -0.2) is 44.7 Å². The van der Waals surface area contributed by atoms with Crippen molar-refractivity contribution in [3.05, 3.63) is 53.6 Å². The van der Waals surface area contributed by atoms with Crippen molar-refractivity contribution in [2.75, 3.05) is 32.7 Å². The number of hydrogen-bond acceptors (Lipinski definition) is 4. The third kappa shape index (κ3) is 3.53. The summed E-state index contributed by atoms with van der Waals surface area (Å²) in [6.45, 7) is 3.33. The van der Waals surface area contributed by atoms with Crippen LogP contribution in [0.25, 0.3) is 0 Å². The number of hydrogen-bond donors (Lipinski definition) is 0. The van der Waals surface area contributed by atoms with Gasteiger partial charge in [0.2, 0.25) is 5.91 Å². The molecule has 1 aliphatic heterocycles. The van der Waals surface area contributed by atoms with E-state index in [9.17, 15) is 4.79 Å². The highest BCUT2D eigenvalue weighted by Gasteiger charge is 2.29. The van der Waals surface area contributed by atoms with Gasteiger partial charge >= 0.3 is 0 Å². The van der Waals surface area contributed by atoms with Gasteiger partial charge in [-0.15, -0.1) is 0 Å². The SMILES string of the molecule is COc1ccc(CN(C)[C@@H](C)C(=O)N2CCc3ccccc32)c(OC)c1. The van der Waals surface area contributed by atoms with Crippen LogP contribution in [-0.2, 0) is 17.8 Å². The summed E-state index contributed by atoms with van der Waals surface area (Å²) in [7, 11) is 5.25. The van der Waals surface area contributed by atoms with Gasteiger partial charge in [0.25, 0.3) is 0 Å². The molecule has 0 spiro atoms. The molecule has 26 heavy (non-hydrogen) atoms. The van der Waals surface area contributed by atoms with E-state index < -0.39 is 0 Å². The molecule has 138 valence electrons. The number of carbonyl (C=O) groups is 1. The molecule has 0 aliphatic carbocycles. The van der Waals surface area contributed by atoms with E-state index in [1.165, 1.54) is 5.56 Å². The number of anilines is 1. The van der Waals surface area contributed by atoms with E-state index in [1.54, 1.807) is 14.2 Å². The minimum Gasteiger partial charge on any atom is -0.497 e. The van der Waals surface area contributed by atoms with Crippen LogP contribution in [0.15, 0.2) is 42.5 Å². The van der Waals surface area contributed by atoms with Gasteiger partial charge in [0, 0.05) is 30.4 Å². The maximum Gasteiger partial charge on any atom is 0.244 e. The van der Waals surface area contributed by atoms with Crippen molar-refractivity contribution in [2.45, 2.75) is 25.9 Å². The molecule has 0 radical (unpaired) electrons. The minimum atomic E-state index is -0.229. The summed E-state index contributed by atoms with van der Waals surface area (Å²) in [5.74, 6) is 1.65. The van der Waals surface area contributed by atoms with Crippen LogP contribution in [0.5, 0.6) is 11.5 Å². The smallest absolute Gasteiger partial charge is 0.244 e. The molecular weight excluding hydrogens is 328 g/mol. The van der Waals surface area contributed by atoms with Crippen LogP contribution < -0.4 is 14.4 Å². The van der Waals surface area contributed by atoms with Gasteiger partial charge in [-0.2, -0.15) is 0 Å². The molecule has 1 amide bonds. The molecule has 0 bridgehead atoms. The number of ether oxygens (including phenoxy) is 2. The minimum absolute atomic E-state index is 0.130. The Bertz CT molecular complexity index is 791. The van der Waals surface area contributed by atoms with Crippen molar-refractivity contribution < 1.29 is 14.3 Å². The molecule has 1 heterocycles. The molecule has 3 rings (SSSR count). The Balaban J connectivity index is 1.72. The van der Waals surface area contributed by atoms with E-state index >= 15 is 0 Å². The molecule has 1 aliphatic rings. The third-order valence-corrected chi connectivity index (χ3v) is 5.09. The quantitative estimate of drug-likeness (QED) is 0.799. The Morgan fingerprint density at radius 2 is 1.96 bits per heavy atom. The number of nitrogens with zero attached hydrogens (tertiary/aromatic N) is 2. The van der Waals surface area contributed by atoms with Crippen molar-refractivity contribution in [3.8, 4) is 11.5 Å². The Morgan fingerprint density at radius 3 is 2.69 bits per heavy atom. The molecule has 1 atom stereocenters. The van der Waals surface area contributed by atoms with Crippen LogP contribution in [0.1, 0.15) is 18.1 Å². The molecule has 0 saturated carbocycles. The maximum atomic E-state index is 13.0. The number of fused-ring (bicyclic) bond motifs is 1. The largest absolute Gasteiger partial charge is 0.497 e. The fraction of sp³-hybridized carbons (Fsp3) is 0.381. The number of amides is 1. The summed E-state index contributed by atoms with van der Waals surface area (Å²) in [6, 6.07) is 13.7. The van der Waals surface area contributed by atoms with Gasteiger partial charge in [-0.1, -0.05) is 24.3 Å². The fourth-order valence-corrected chi connectivity index (χ4v) is 3.37. The lowest BCUT2D eigenvalue weighted by atomic mass is 10.1. The topological polar surface area (TPSA) is 42.0 Å². The summed E-state index contributed by atoms with van der Waals surface area (Å²) >= 11 is 0. The van der Waals surface area contributed by atoms with Gasteiger partial charge < -0.3 is 14.4 Å². The first-order valence-electron chi connectivity index (χ1n) is 8.85. The second-order valence-electron chi connectivity index (χ2n) is 6.64. The van der Waals surface area contributed by atoms with Gasteiger partial charge in [-0.25, -0.2) is 0 Å². The van der Waals surface area contributed by atoms with Gasteiger partial charge in [0.05, 0.1) is 20.3 Å². The summed E-state index contributed by atoms with van der Waals surface area (Å²) in [6.07, 6.45) is 0.921. The molecule has 0 aromatic heterocycles. The average molecular weight is 354 g/mol. The maximum absolute atomic E-state index is 13.0. The van der Waals surface area contributed by atoms with Crippen LogP contribution in [0, 0.1) is 0 Å². The zero-order valence-electron chi connectivity index (χ0n) is 15.9. The average Bonchev–Trinajstić information content (AvgIpc) is 3.11. The first-order chi connectivity index (χ1) is 12.5. The lowest BCUT2D eigenvalue weighted by Gasteiger charge is -2.29. The van der Waals surface area contributed by atoms with Crippen LogP contribution in [0.3, 0.4) is 0 Å². The molecule has 2 aromatic rings. The predicted octanol–water partition coefficient (Wildman–Crippen LogP) is 3.11. The standard InChI is InChI=1S/C21H26N2O3/c1-15(21(24)23-12-11-16-7-5-6-8-19(16)23)22(2)14-17-9-10-18(25-3)13-20(17)26-4/h5-10,13,15H,11-12,14H2,1-4H3/t15-/m0/s1. The second kappa shape index (κ2) is 7.79. The fourth-order valence-electron chi connectivity index (χ4n) is 3.37. The van der Waals surface area contributed by atoms with E-state index in [2.05, 4.69) is 6.07 Å². The van der Waals surface area contributed by atoms with Crippen molar-refractivity contribution in [1.29, 1.82) is 0 Å². The monoisotopic (exact) mass is 354 g/mol. The second-order valence-corrected chi connectivity index (χ2v) is 6.64. The lowest BCUT2D eigenvalue weighted by Crippen LogP contribution is -2.45. The van der Waals surface area contributed by atoms with E-state index in [-0.39, 0.29) is 11.9 Å². The molecule has 0 fully saturated rings. The number of para-hydroxylation sites is 1. The van der Waals surface area contributed by atoms with Crippen molar-refractivity contribution in [1.82, 2.24) is 4.90 Å². The van der Waals surface area contributed by atoms with E-state index in [1.807, 2.05) is 60.2 Å². The molecular formula is C21H26N2O3. The van der Waals surface area contributed by atoms with Crippen LogP contribution in [0.2, 0.25) is 0 Å². The first kappa shape index (κ1) is 18.3. The zero-order chi connectivity index (χ0) is 18.7. The highest BCUT2D eigenvalue weighted by atomic mass is 16.5. The molecule has 5 heteroatoms. The number of methoxy groups -OCH3 is 2. The van der Waals surface area contributed by atoms with Gasteiger partial charge in [0.15, 0.2) is 0 Å².